The molecule has 0 spiro atoms. The fourth-order valence-electron chi connectivity index (χ4n) is 2.78. The fourth-order valence-corrected chi connectivity index (χ4v) is 2.78. The molecule has 1 aliphatic heterocycles. The highest BCUT2D eigenvalue weighted by Gasteiger charge is 2.21. The van der Waals surface area contributed by atoms with E-state index in [1.54, 1.807) is 0 Å². The molecule has 0 aliphatic carbocycles. The van der Waals surface area contributed by atoms with Crippen molar-refractivity contribution in [1.29, 1.82) is 0 Å². The van der Waals surface area contributed by atoms with Crippen LogP contribution >= 0.6 is 0 Å². The zero-order valence-electron chi connectivity index (χ0n) is 13.9. The summed E-state index contributed by atoms with van der Waals surface area (Å²) in [7, 11) is 2.20. The molecule has 0 saturated carbocycles. The Bertz CT molecular complexity index is 468. The maximum Gasteiger partial charge on any atom is 0.213 e. The average Bonchev–Trinajstić information content (AvgIpc) is 2.83. The zero-order chi connectivity index (χ0) is 15.5. The Hall–Kier alpha value is -1.13. The lowest BCUT2D eigenvalue weighted by Gasteiger charge is -2.21. The number of nitrogens with two attached hydrogens (primary N) is 1. The lowest BCUT2D eigenvalue weighted by atomic mass is 9.91. The SMILES string of the molecule is CN1CCCC1CCOc1cc(CN)cc(C(C)(C)C)n1. The van der Waals surface area contributed by atoms with Crippen molar-refractivity contribution in [3.8, 4) is 5.88 Å². The summed E-state index contributed by atoms with van der Waals surface area (Å²) in [4.78, 5) is 7.07. The van der Waals surface area contributed by atoms with Crippen molar-refractivity contribution < 1.29 is 4.74 Å². The number of likely N-dealkylation sites (tertiary alicyclic amines) is 1. The van der Waals surface area contributed by atoms with Gasteiger partial charge in [0.2, 0.25) is 5.88 Å². The molecule has 118 valence electrons. The highest BCUT2D eigenvalue weighted by molar-refractivity contribution is 5.28. The molecule has 1 aromatic heterocycles. The Labute approximate surface area is 128 Å². The van der Waals surface area contributed by atoms with E-state index in [1.165, 1.54) is 19.4 Å². The van der Waals surface area contributed by atoms with E-state index in [0.29, 0.717) is 18.5 Å². The summed E-state index contributed by atoms with van der Waals surface area (Å²) in [5.74, 6) is 0.712. The first-order valence-corrected chi connectivity index (χ1v) is 7.94. The standard InChI is InChI=1S/C17H29N3O/c1-17(2,3)15-10-13(12-18)11-16(19-15)21-9-7-14-6-5-8-20(14)4/h10-11,14H,5-9,12,18H2,1-4H3. The Balaban J connectivity index is 1.98. The van der Waals surface area contributed by atoms with Crippen molar-refractivity contribution in [1.82, 2.24) is 9.88 Å². The lowest BCUT2D eigenvalue weighted by Crippen LogP contribution is -2.26. The molecule has 21 heavy (non-hydrogen) atoms. The number of hydrogen-bond acceptors (Lipinski definition) is 4. The molecule has 0 amide bonds. The van der Waals surface area contributed by atoms with Gasteiger partial charge < -0.3 is 15.4 Å². The van der Waals surface area contributed by atoms with Crippen LogP contribution in [-0.2, 0) is 12.0 Å². The zero-order valence-corrected chi connectivity index (χ0v) is 13.9. The Kier molecular flexibility index (Phi) is 5.22. The largest absolute Gasteiger partial charge is 0.478 e. The molecule has 4 heteroatoms. The smallest absolute Gasteiger partial charge is 0.213 e. The summed E-state index contributed by atoms with van der Waals surface area (Å²) in [6.45, 7) is 8.93. The quantitative estimate of drug-likeness (QED) is 0.906. The van der Waals surface area contributed by atoms with Crippen LogP contribution in [0.3, 0.4) is 0 Å². The monoisotopic (exact) mass is 291 g/mol. The number of hydrogen-bond donors (Lipinski definition) is 1. The lowest BCUT2D eigenvalue weighted by molar-refractivity contribution is 0.227. The van der Waals surface area contributed by atoms with E-state index in [1.807, 2.05) is 6.07 Å². The minimum absolute atomic E-state index is 0.00889. The normalized spacial score (nSPS) is 20.0. The Morgan fingerprint density at radius 2 is 2.14 bits per heavy atom. The molecular weight excluding hydrogens is 262 g/mol. The van der Waals surface area contributed by atoms with Crippen LogP contribution in [0.4, 0.5) is 0 Å². The second kappa shape index (κ2) is 6.75. The van der Waals surface area contributed by atoms with Crippen LogP contribution in [0.15, 0.2) is 12.1 Å². The van der Waals surface area contributed by atoms with E-state index in [4.69, 9.17) is 10.5 Å². The van der Waals surface area contributed by atoms with Crippen LogP contribution < -0.4 is 10.5 Å². The summed E-state index contributed by atoms with van der Waals surface area (Å²) in [5, 5.41) is 0. The van der Waals surface area contributed by atoms with Gasteiger partial charge in [0, 0.05) is 24.1 Å². The topological polar surface area (TPSA) is 51.4 Å². The second-order valence-corrected chi connectivity index (χ2v) is 7.07. The number of nitrogens with zero attached hydrogens (tertiary/aromatic N) is 2. The molecule has 1 unspecified atom stereocenters. The first-order chi connectivity index (χ1) is 9.90. The number of pyridine rings is 1. The van der Waals surface area contributed by atoms with E-state index in [9.17, 15) is 0 Å². The molecule has 0 bridgehead atoms. The third-order valence-electron chi connectivity index (χ3n) is 4.24. The fraction of sp³-hybridized carbons (Fsp3) is 0.706. The molecule has 4 nitrogen and oxygen atoms in total. The molecule has 2 N–H and O–H groups in total. The maximum absolute atomic E-state index is 5.90. The Morgan fingerprint density at radius 3 is 2.71 bits per heavy atom. The second-order valence-electron chi connectivity index (χ2n) is 7.07. The maximum atomic E-state index is 5.90. The first kappa shape index (κ1) is 16.2. The van der Waals surface area contributed by atoms with E-state index >= 15 is 0 Å². The predicted octanol–water partition coefficient (Wildman–Crippen LogP) is 2.70. The Morgan fingerprint density at radius 1 is 1.38 bits per heavy atom. The van der Waals surface area contributed by atoms with Crippen LogP contribution in [-0.4, -0.2) is 36.1 Å². The van der Waals surface area contributed by atoms with Crippen molar-refractivity contribution >= 4 is 0 Å². The van der Waals surface area contributed by atoms with Gasteiger partial charge in [-0.25, -0.2) is 4.98 Å². The summed E-state index contributed by atoms with van der Waals surface area (Å²) >= 11 is 0. The summed E-state index contributed by atoms with van der Waals surface area (Å²) < 4.78 is 5.90. The number of rotatable bonds is 5. The van der Waals surface area contributed by atoms with Gasteiger partial charge in [-0.2, -0.15) is 0 Å². The molecule has 1 aromatic rings. The van der Waals surface area contributed by atoms with Crippen molar-refractivity contribution in [3.63, 3.8) is 0 Å². The molecule has 1 aliphatic rings. The van der Waals surface area contributed by atoms with E-state index in [-0.39, 0.29) is 5.41 Å². The van der Waals surface area contributed by atoms with Gasteiger partial charge in [0.25, 0.3) is 0 Å². The van der Waals surface area contributed by atoms with Crippen molar-refractivity contribution in [2.75, 3.05) is 20.2 Å². The summed E-state index contributed by atoms with van der Waals surface area (Å²) in [6, 6.07) is 4.70. The average molecular weight is 291 g/mol. The molecule has 1 saturated heterocycles. The van der Waals surface area contributed by atoms with Gasteiger partial charge >= 0.3 is 0 Å². The van der Waals surface area contributed by atoms with E-state index in [0.717, 1.165) is 24.3 Å². The number of aromatic nitrogens is 1. The highest BCUT2D eigenvalue weighted by Crippen LogP contribution is 2.24. The van der Waals surface area contributed by atoms with Gasteiger partial charge in [-0.05, 0) is 44.5 Å². The van der Waals surface area contributed by atoms with Gasteiger partial charge in [0.15, 0.2) is 0 Å². The molecule has 1 fully saturated rings. The number of ether oxygens (including phenoxy) is 1. The third-order valence-corrected chi connectivity index (χ3v) is 4.24. The summed E-state index contributed by atoms with van der Waals surface area (Å²) in [5.41, 5.74) is 7.92. The van der Waals surface area contributed by atoms with Gasteiger partial charge in [-0.3, -0.25) is 0 Å². The van der Waals surface area contributed by atoms with Crippen LogP contribution in [0.5, 0.6) is 5.88 Å². The van der Waals surface area contributed by atoms with Crippen LogP contribution in [0.1, 0.15) is 51.3 Å². The van der Waals surface area contributed by atoms with Gasteiger partial charge in [0.05, 0.1) is 12.3 Å². The van der Waals surface area contributed by atoms with Gasteiger partial charge in [-0.1, -0.05) is 20.8 Å². The predicted molar refractivity (Wildman–Crippen MR) is 86.6 cm³/mol. The molecule has 0 aromatic carbocycles. The molecule has 0 radical (unpaired) electrons. The van der Waals surface area contributed by atoms with Crippen LogP contribution in [0.25, 0.3) is 0 Å². The highest BCUT2D eigenvalue weighted by atomic mass is 16.5. The van der Waals surface area contributed by atoms with Crippen LogP contribution in [0, 0.1) is 0 Å². The van der Waals surface area contributed by atoms with Crippen molar-refractivity contribution in [3.05, 3.63) is 23.4 Å². The van der Waals surface area contributed by atoms with Gasteiger partial charge in [0.1, 0.15) is 0 Å². The minimum atomic E-state index is 0.00889. The summed E-state index contributed by atoms with van der Waals surface area (Å²) in [6.07, 6.45) is 3.65. The van der Waals surface area contributed by atoms with E-state index < -0.39 is 0 Å². The minimum Gasteiger partial charge on any atom is -0.478 e. The molecule has 2 heterocycles. The first-order valence-electron chi connectivity index (χ1n) is 7.94. The van der Waals surface area contributed by atoms with Crippen molar-refractivity contribution in [2.45, 2.75) is 58.0 Å². The third kappa shape index (κ3) is 4.42. The molecule has 1 atom stereocenters. The van der Waals surface area contributed by atoms with Gasteiger partial charge in [-0.15, -0.1) is 0 Å². The van der Waals surface area contributed by atoms with Crippen LogP contribution in [0.2, 0.25) is 0 Å². The molecular formula is C17H29N3O. The van der Waals surface area contributed by atoms with E-state index in [2.05, 4.69) is 43.8 Å². The molecule has 2 rings (SSSR count). The van der Waals surface area contributed by atoms with Crippen molar-refractivity contribution in [2.24, 2.45) is 5.73 Å².